The average molecular weight is 259 g/mol. The molecule has 1 unspecified atom stereocenters. The number of hydrogen-bond acceptors (Lipinski definition) is 3. The molecule has 1 atom stereocenters. The number of benzene rings is 1. The second-order valence-electron chi connectivity index (χ2n) is 4.69. The van der Waals surface area contributed by atoms with Crippen molar-refractivity contribution in [2.75, 3.05) is 0 Å². The molecule has 0 spiro atoms. The van der Waals surface area contributed by atoms with Gasteiger partial charge in [0.15, 0.2) is 0 Å². The molecule has 2 heterocycles. The minimum absolute atomic E-state index is 0.573. The van der Waals surface area contributed by atoms with Crippen LogP contribution in [-0.2, 0) is 19.5 Å². The van der Waals surface area contributed by atoms with E-state index in [4.69, 9.17) is 5.73 Å². The zero-order valence-corrected chi connectivity index (χ0v) is 11.3. The molecule has 1 aliphatic heterocycles. The summed E-state index contributed by atoms with van der Waals surface area (Å²) in [6, 6.07) is 8.66. The summed E-state index contributed by atoms with van der Waals surface area (Å²) in [5.41, 5.74) is 9.50. The van der Waals surface area contributed by atoms with Crippen LogP contribution >= 0.6 is 11.8 Å². The lowest BCUT2D eigenvalue weighted by atomic mass is 10.1. The number of aromatic nitrogens is 2. The van der Waals surface area contributed by atoms with Gasteiger partial charge in [-0.25, -0.2) is 0 Å². The van der Waals surface area contributed by atoms with Crippen LogP contribution in [0.1, 0.15) is 16.8 Å². The van der Waals surface area contributed by atoms with E-state index in [1.807, 2.05) is 18.0 Å². The highest BCUT2D eigenvalue weighted by molar-refractivity contribution is 8.00. The summed E-state index contributed by atoms with van der Waals surface area (Å²) in [5.74, 6) is 0. The largest absolute Gasteiger partial charge is 0.326 e. The predicted molar refractivity (Wildman–Crippen MR) is 74.6 cm³/mol. The standard InChI is InChI=1S/C14H17N3S/c1-10-12(7-15)8-16-17(10)9-13-6-11-4-2-3-5-14(11)18-13/h2-5,8,13H,6-7,9,15H2,1H3. The summed E-state index contributed by atoms with van der Waals surface area (Å²) in [4.78, 5) is 1.42. The zero-order chi connectivity index (χ0) is 12.5. The summed E-state index contributed by atoms with van der Waals surface area (Å²) in [6.45, 7) is 3.64. The molecule has 2 N–H and O–H groups in total. The van der Waals surface area contributed by atoms with Gasteiger partial charge < -0.3 is 5.73 Å². The molecule has 0 saturated carbocycles. The Balaban J connectivity index is 1.74. The van der Waals surface area contributed by atoms with Crippen molar-refractivity contribution in [3.63, 3.8) is 0 Å². The topological polar surface area (TPSA) is 43.8 Å². The van der Waals surface area contributed by atoms with Crippen molar-refractivity contribution < 1.29 is 0 Å². The summed E-state index contributed by atoms with van der Waals surface area (Å²) in [5, 5.41) is 5.03. The fourth-order valence-electron chi connectivity index (χ4n) is 2.42. The molecule has 3 nitrogen and oxygen atoms in total. The molecule has 3 rings (SSSR count). The van der Waals surface area contributed by atoms with Crippen molar-refractivity contribution in [1.29, 1.82) is 0 Å². The lowest BCUT2D eigenvalue weighted by Gasteiger charge is -2.10. The minimum atomic E-state index is 0.573. The van der Waals surface area contributed by atoms with Crippen molar-refractivity contribution in [2.45, 2.75) is 36.6 Å². The van der Waals surface area contributed by atoms with Crippen LogP contribution in [0.4, 0.5) is 0 Å². The molecule has 0 aliphatic carbocycles. The molecule has 0 bridgehead atoms. The molecule has 18 heavy (non-hydrogen) atoms. The molecule has 1 aliphatic rings. The highest BCUT2D eigenvalue weighted by Gasteiger charge is 2.22. The predicted octanol–water partition coefficient (Wildman–Crippen LogP) is 2.37. The van der Waals surface area contributed by atoms with E-state index in [0.29, 0.717) is 11.8 Å². The Kier molecular flexibility index (Phi) is 3.14. The quantitative estimate of drug-likeness (QED) is 0.920. The molecule has 2 aromatic rings. The number of hydrogen-bond donors (Lipinski definition) is 1. The van der Waals surface area contributed by atoms with Crippen LogP contribution in [0.5, 0.6) is 0 Å². The van der Waals surface area contributed by atoms with Gasteiger partial charge in [-0.15, -0.1) is 11.8 Å². The maximum Gasteiger partial charge on any atom is 0.0538 e. The van der Waals surface area contributed by atoms with Crippen LogP contribution < -0.4 is 5.73 Å². The van der Waals surface area contributed by atoms with Crippen molar-refractivity contribution in [3.05, 3.63) is 47.3 Å². The maximum atomic E-state index is 5.68. The molecule has 1 aromatic heterocycles. The van der Waals surface area contributed by atoms with Gasteiger partial charge in [0, 0.05) is 27.9 Å². The van der Waals surface area contributed by atoms with E-state index in [-0.39, 0.29) is 0 Å². The van der Waals surface area contributed by atoms with Gasteiger partial charge in [-0.2, -0.15) is 5.10 Å². The van der Waals surface area contributed by atoms with Crippen molar-refractivity contribution in [2.24, 2.45) is 5.73 Å². The smallest absolute Gasteiger partial charge is 0.0538 e. The Labute approximate surface area is 111 Å². The lowest BCUT2D eigenvalue weighted by molar-refractivity contribution is 0.579. The van der Waals surface area contributed by atoms with E-state index in [9.17, 15) is 0 Å². The average Bonchev–Trinajstić information content (AvgIpc) is 2.94. The van der Waals surface area contributed by atoms with E-state index in [1.165, 1.54) is 16.2 Å². The molecular formula is C14H17N3S. The van der Waals surface area contributed by atoms with Crippen molar-refractivity contribution in [1.82, 2.24) is 9.78 Å². The van der Waals surface area contributed by atoms with Crippen LogP contribution in [0, 0.1) is 6.92 Å². The van der Waals surface area contributed by atoms with Crippen molar-refractivity contribution >= 4 is 11.8 Å². The second kappa shape index (κ2) is 4.78. The number of thioether (sulfide) groups is 1. The van der Waals surface area contributed by atoms with Gasteiger partial charge in [-0.3, -0.25) is 4.68 Å². The second-order valence-corrected chi connectivity index (χ2v) is 6.04. The number of nitrogens with zero attached hydrogens (tertiary/aromatic N) is 2. The van der Waals surface area contributed by atoms with Crippen LogP contribution in [-0.4, -0.2) is 15.0 Å². The molecule has 0 saturated heterocycles. The summed E-state index contributed by atoms with van der Waals surface area (Å²) in [7, 11) is 0. The third-order valence-corrected chi connectivity index (χ3v) is 4.82. The van der Waals surface area contributed by atoms with Crippen LogP contribution in [0.3, 0.4) is 0 Å². The first-order valence-corrected chi connectivity index (χ1v) is 7.12. The molecule has 94 valence electrons. The Morgan fingerprint density at radius 3 is 3.00 bits per heavy atom. The third-order valence-electron chi connectivity index (χ3n) is 3.52. The number of nitrogens with two attached hydrogens (primary N) is 1. The molecule has 0 amide bonds. The SMILES string of the molecule is Cc1c(CN)cnn1CC1Cc2ccccc2S1. The van der Waals surface area contributed by atoms with Gasteiger partial charge in [-0.05, 0) is 25.0 Å². The van der Waals surface area contributed by atoms with Gasteiger partial charge >= 0.3 is 0 Å². The Morgan fingerprint density at radius 1 is 1.44 bits per heavy atom. The molecule has 0 fully saturated rings. The summed E-state index contributed by atoms with van der Waals surface area (Å²) >= 11 is 1.96. The van der Waals surface area contributed by atoms with E-state index in [2.05, 4.69) is 41.0 Å². The Bertz CT molecular complexity index is 537. The Morgan fingerprint density at radius 2 is 2.28 bits per heavy atom. The first-order chi connectivity index (χ1) is 8.78. The van der Waals surface area contributed by atoms with Gasteiger partial charge in [0.2, 0.25) is 0 Å². The van der Waals surface area contributed by atoms with Gasteiger partial charge in [-0.1, -0.05) is 18.2 Å². The zero-order valence-electron chi connectivity index (χ0n) is 10.5. The highest BCUT2D eigenvalue weighted by atomic mass is 32.2. The minimum Gasteiger partial charge on any atom is -0.326 e. The van der Waals surface area contributed by atoms with Crippen LogP contribution in [0.15, 0.2) is 35.4 Å². The van der Waals surface area contributed by atoms with Crippen LogP contribution in [0.2, 0.25) is 0 Å². The first kappa shape index (κ1) is 11.8. The summed E-state index contributed by atoms with van der Waals surface area (Å²) < 4.78 is 2.09. The highest BCUT2D eigenvalue weighted by Crippen LogP contribution is 2.37. The fourth-order valence-corrected chi connectivity index (χ4v) is 3.72. The van der Waals surface area contributed by atoms with Gasteiger partial charge in [0.1, 0.15) is 0 Å². The van der Waals surface area contributed by atoms with Crippen LogP contribution in [0.25, 0.3) is 0 Å². The van der Waals surface area contributed by atoms with E-state index < -0.39 is 0 Å². The maximum absolute atomic E-state index is 5.68. The van der Waals surface area contributed by atoms with Gasteiger partial charge in [0.05, 0.1) is 12.7 Å². The lowest BCUT2D eigenvalue weighted by Crippen LogP contribution is -2.15. The third kappa shape index (κ3) is 2.06. The molecule has 1 aromatic carbocycles. The normalized spacial score (nSPS) is 18.0. The van der Waals surface area contributed by atoms with E-state index in [0.717, 1.165) is 18.5 Å². The molecule has 0 radical (unpaired) electrons. The summed E-state index contributed by atoms with van der Waals surface area (Å²) in [6.07, 6.45) is 3.03. The first-order valence-electron chi connectivity index (χ1n) is 6.24. The number of fused-ring (bicyclic) bond motifs is 1. The fraction of sp³-hybridized carbons (Fsp3) is 0.357. The van der Waals surface area contributed by atoms with Crippen molar-refractivity contribution in [3.8, 4) is 0 Å². The van der Waals surface area contributed by atoms with E-state index >= 15 is 0 Å². The van der Waals surface area contributed by atoms with E-state index in [1.54, 1.807) is 0 Å². The monoisotopic (exact) mass is 259 g/mol. The molecular weight excluding hydrogens is 242 g/mol. The van der Waals surface area contributed by atoms with Gasteiger partial charge in [0.25, 0.3) is 0 Å². The number of rotatable bonds is 3. The molecule has 4 heteroatoms. The Hall–Kier alpha value is -1.26.